The van der Waals surface area contributed by atoms with Gasteiger partial charge in [0.05, 0.1) is 21.3 Å². The van der Waals surface area contributed by atoms with Crippen molar-refractivity contribution in [2.24, 2.45) is 11.8 Å². The molecule has 0 unspecified atom stereocenters. The van der Waals surface area contributed by atoms with Crippen LogP contribution in [0.3, 0.4) is 0 Å². The van der Waals surface area contributed by atoms with Gasteiger partial charge in [0.2, 0.25) is 0 Å². The van der Waals surface area contributed by atoms with Crippen molar-refractivity contribution in [3.8, 4) is 0 Å². The summed E-state index contributed by atoms with van der Waals surface area (Å²) < 4.78 is 1.09. The summed E-state index contributed by atoms with van der Waals surface area (Å²) in [6, 6.07) is 5.87. The lowest BCUT2D eigenvalue weighted by Gasteiger charge is -2.29. The maximum absolute atomic E-state index is 12.9. The number of hydrogen-bond acceptors (Lipinski definition) is 7. The van der Waals surface area contributed by atoms with Crippen molar-refractivity contribution in [3.05, 3.63) is 47.0 Å². The highest BCUT2D eigenvalue weighted by Crippen LogP contribution is 2.36. The largest absolute Gasteiger partial charge is 0.393 e. The molecule has 1 amide bonds. The summed E-state index contributed by atoms with van der Waals surface area (Å²) in [7, 11) is 0. The molecular weight excluding hydrogens is 452 g/mol. The number of rotatable bonds is 6. The molecule has 0 spiro atoms. The van der Waals surface area contributed by atoms with Gasteiger partial charge in [-0.05, 0) is 68.4 Å². The third kappa shape index (κ3) is 5.39. The lowest BCUT2D eigenvalue weighted by Crippen LogP contribution is -2.40. The lowest BCUT2D eigenvalue weighted by atomic mass is 9.99. The van der Waals surface area contributed by atoms with E-state index in [2.05, 4.69) is 9.97 Å². The number of thiazole rings is 1. The number of aliphatic hydroxyl groups excluding tert-OH is 1. The van der Waals surface area contributed by atoms with Crippen LogP contribution in [0.15, 0.2) is 35.5 Å². The minimum atomic E-state index is -0.274. The van der Waals surface area contributed by atoms with Crippen LogP contribution < -0.4 is 0 Å². The highest BCUT2D eigenvalue weighted by atomic mass is 32.2. The van der Waals surface area contributed by atoms with E-state index in [0.29, 0.717) is 37.8 Å². The minimum absolute atomic E-state index is 0.0603. The Kier molecular flexibility index (Phi) is 6.94. The smallest absolute Gasteiger partial charge is 0.253 e. The van der Waals surface area contributed by atoms with Gasteiger partial charge >= 0.3 is 0 Å². The average Bonchev–Trinajstić information content (AvgIpc) is 3.45. The van der Waals surface area contributed by atoms with E-state index in [1.165, 1.54) is 24.3 Å². The zero-order chi connectivity index (χ0) is 22.8. The maximum Gasteiger partial charge on any atom is 0.253 e. The normalized spacial score (nSPS) is 21.7. The average molecular weight is 483 g/mol. The molecule has 0 bridgehead atoms. The number of aromatic nitrogens is 3. The van der Waals surface area contributed by atoms with Crippen LogP contribution in [-0.2, 0) is 12.8 Å². The number of amides is 1. The molecule has 2 aliphatic rings. The Balaban J connectivity index is 1.19. The second kappa shape index (κ2) is 10.1. The van der Waals surface area contributed by atoms with Crippen molar-refractivity contribution in [2.75, 3.05) is 19.3 Å². The Bertz CT molecular complexity index is 1110. The molecule has 33 heavy (non-hydrogen) atoms. The number of aliphatic hydroxyl groups is 1. The number of thioether (sulfide) groups is 1. The molecule has 5 rings (SSSR count). The van der Waals surface area contributed by atoms with Gasteiger partial charge in [-0.25, -0.2) is 15.0 Å². The van der Waals surface area contributed by atoms with E-state index in [1.807, 2.05) is 41.7 Å². The molecule has 8 heteroatoms. The fourth-order valence-electron chi connectivity index (χ4n) is 5.05. The highest BCUT2D eigenvalue weighted by molar-refractivity contribution is 7.98. The molecule has 1 aromatic carbocycles. The van der Waals surface area contributed by atoms with Gasteiger partial charge in [-0.1, -0.05) is 0 Å². The Morgan fingerprint density at radius 3 is 2.58 bits per heavy atom. The first-order valence-electron chi connectivity index (χ1n) is 11.8. The van der Waals surface area contributed by atoms with Gasteiger partial charge < -0.3 is 10.0 Å². The molecule has 1 N–H and O–H groups in total. The van der Waals surface area contributed by atoms with Crippen LogP contribution in [0.4, 0.5) is 0 Å². The first-order chi connectivity index (χ1) is 16.1. The summed E-state index contributed by atoms with van der Waals surface area (Å²) in [4.78, 5) is 29.7. The molecule has 174 valence electrons. The van der Waals surface area contributed by atoms with Crippen LogP contribution in [0.5, 0.6) is 0 Å². The quantitative estimate of drug-likeness (QED) is 0.517. The van der Waals surface area contributed by atoms with Crippen LogP contribution in [0.1, 0.15) is 53.3 Å². The molecule has 3 aromatic rings. The van der Waals surface area contributed by atoms with Gasteiger partial charge in [0, 0.05) is 48.8 Å². The van der Waals surface area contributed by atoms with E-state index < -0.39 is 0 Å². The van der Waals surface area contributed by atoms with Crippen LogP contribution in [0.25, 0.3) is 10.2 Å². The number of nitrogens with zero attached hydrogens (tertiary/aromatic N) is 4. The minimum Gasteiger partial charge on any atom is -0.393 e. The van der Waals surface area contributed by atoms with Crippen LogP contribution in [-0.4, -0.2) is 56.3 Å². The molecule has 1 aliphatic carbocycles. The van der Waals surface area contributed by atoms with E-state index >= 15 is 0 Å². The predicted molar refractivity (Wildman–Crippen MR) is 133 cm³/mol. The molecular formula is C25H30N4O2S2. The molecule has 2 aromatic heterocycles. The molecule has 2 atom stereocenters. The third-order valence-corrected chi connectivity index (χ3v) is 8.66. The topological polar surface area (TPSA) is 79.2 Å². The van der Waals surface area contributed by atoms with Crippen molar-refractivity contribution in [3.63, 3.8) is 0 Å². The van der Waals surface area contributed by atoms with Crippen molar-refractivity contribution in [2.45, 2.75) is 55.9 Å². The first-order valence-corrected chi connectivity index (χ1v) is 13.8. The molecule has 2 fully saturated rings. The van der Waals surface area contributed by atoms with Gasteiger partial charge in [0.15, 0.2) is 0 Å². The van der Waals surface area contributed by atoms with E-state index in [4.69, 9.17) is 4.98 Å². The van der Waals surface area contributed by atoms with Crippen molar-refractivity contribution in [1.29, 1.82) is 0 Å². The summed E-state index contributed by atoms with van der Waals surface area (Å²) in [5.74, 6) is 2.32. The van der Waals surface area contributed by atoms with Gasteiger partial charge in [-0.15, -0.1) is 23.1 Å². The standard InChI is InChI=1S/C25H30N4O2S2/c1-32-20-14-26-23(27-15-20)11-16-2-3-17(10-16)12-24-28-21-5-4-18(13-22(21)33-24)25(31)29-8-6-19(30)7-9-29/h4-5,13-17,19,30H,2-3,6-12H2,1H3/t16-,17-/m0/s1. The summed E-state index contributed by atoms with van der Waals surface area (Å²) >= 11 is 3.40. The predicted octanol–water partition coefficient (Wildman–Crippen LogP) is 4.61. The maximum atomic E-state index is 12.9. The number of carbonyl (C=O) groups excluding carboxylic acids is 1. The van der Waals surface area contributed by atoms with Crippen molar-refractivity contribution >= 4 is 39.2 Å². The lowest BCUT2D eigenvalue weighted by molar-refractivity contribution is 0.0546. The first kappa shape index (κ1) is 22.7. The van der Waals surface area contributed by atoms with Crippen LogP contribution in [0, 0.1) is 11.8 Å². The molecule has 0 radical (unpaired) electrons. The SMILES string of the molecule is CSc1cnc(C[C@H]2CC[C@H](Cc3nc4ccc(C(=O)N5CCC(O)CC5)cc4s3)C2)nc1. The Morgan fingerprint density at radius 1 is 1.12 bits per heavy atom. The van der Waals surface area contributed by atoms with E-state index in [0.717, 1.165) is 39.3 Å². The fraction of sp³-hybridized carbons (Fsp3) is 0.520. The fourth-order valence-corrected chi connectivity index (χ4v) is 6.49. The summed E-state index contributed by atoms with van der Waals surface area (Å²) in [5.41, 5.74) is 1.71. The van der Waals surface area contributed by atoms with Crippen molar-refractivity contribution < 1.29 is 9.90 Å². The van der Waals surface area contributed by atoms with Gasteiger partial charge in [-0.2, -0.15) is 0 Å². The van der Waals surface area contributed by atoms with Gasteiger partial charge in [-0.3, -0.25) is 4.79 Å². The van der Waals surface area contributed by atoms with Crippen molar-refractivity contribution in [1.82, 2.24) is 19.9 Å². The molecule has 1 saturated carbocycles. The number of piperidine rings is 1. The van der Waals surface area contributed by atoms with Crippen LogP contribution >= 0.6 is 23.1 Å². The molecule has 3 heterocycles. The molecule has 1 saturated heterocycles. The van der Waals surface area contributed by atoms with Gasteiger partial charge in [0.25, 0.3) is 5.91 Å². The van der Waals surface area contributed by atoms with Gasteiger partial charge in [0.1, 0.15) is 5.82 Å². The second-order valence-electron chi connectivity index (χ2n) is 9.31. The zero-order valence-corrected chi connectivity index (χ0v) is 20.6. The Morgan fingerprint density at radius 2 is 1.85 bits per heavy atom. The van der Waals surface area contributed by atoms with E-state index in [-0.39, 0.29) is 12.0 Å². The van der Waals surface area contributed by atoms with E-state index in [9.17, 15) is 9.90 Å². The number of carbonyl (C=O) groups is 1. The monoisotopic (exact) mass is 482 g/mol. The number of fused-ring (bicyclic) bond motifs is 1. The van der Waals surface area contributed by atoms with E-state index in [1.54, 1.807) is 23.1 Å². The summed E-state index contributed by atoms with van der Waals surface area (Å²) in [6.07, 6.45) is 12.6. The second-order valence-corrected chi connectivity index (χ2v) is 11.3. The molecule has 1 aliphatic heterocycles. The van der Waals surface area contributed by atoms with Crippen LogP contribution in [0.2, 0.25) is 0 Å². The Labute approximate surface area is 202 Å². The number of hydrogen-bond donors (Lipinski definition) is 1. The summed E-state index contributed by atoms with van der Waals surface area (Å²) in [5, 5.41) is 10.9. The number of benzene rings is 1. The molecule has 6 nitrogen and oxygen atoms in total. The number of likely N-dealkylation sites (tertiary alicyclic amines) is 1. The third-order valence-electron chi connectivity index (χ3n) is 6.93. The highest BCUT2D eigenvalue weighted by Gasteiger charge is 2.27. The Hall–Kier alpha value is -2.03. The summed E-state index contributed by atoms with van der Waals surface area (Å²) in [6.45, 7) is 1.25. The zero-order valence-electron chi connectivity index (χ0n) is 18.9.